The highest BCUT2D eigenvalue weighted by atomic mass is 16.5. The molecule has 2 rings (SSSR count). The molecule has 1 atom stereocenters. The van der Waals surface area contributed by atoms with E-state index in [2.05, 4.69) is 4.90 Å². The first-order valence-corrected chi connectivity index (χ1v) is 6.84. The molecule has 1 fully saturated rings. The molecule has 0 aromatic heterocycles. The van der Waals surface area contributed by atoms with Gasteiger partial charge in [0.1, 0.15) is 0 Å². The second-order valence-electron chi connectivity index (χ2n) is 4.99. The van der Waals surface area contributed by atoms with E-state index in [1.54, 1.807) is 0 Å². The molecule has 1 heterocycles. The van der Waals surface area contributed by atoms with Crippen LogP contribution in [0.1, 0.15) is 31.1 Å². The van der Waals surface area contributed by atoms with E-state index in [1.165, 1.54) is 0 Å². The Morgan fingerprint density at radius 3 is 2.58 bits per heavy atom. The molecule has 1 aromatic rings. The molecule has 0 aliphatic carbocycles. The van der Waals surface area contributed by atoms with E-state index in [0.717, 1.165) is 37.9 Å². The molecule has 0 saturated carbocycles. The number of nitrogens with zero attached hydrogens (tertiary/aromatic N) is 1. The van der Waals surface area contributed by atoms with Crippen molar-refractivity contribution in [1.82, 2.24) is 4.90 Å². The fourth-order valence-corrected chi connectivity index (χ4v) is 2.70. The van der Waals surface area contributed by atoms with Crippen molar-refractivity contribution in [2.45, 2.75) is 25.5 Å². The summed E-state index contributed by atoms with van der Waals surface area (Å²) in [5, 5.41) is 8.97. The molecule has 4 nitrogen and oxygen atoms in total. The quantitative estimate of drug-likeness (QED) is 0.797. The standard InChI is InChI=1S/C15H21NO3/c17-11-8-13-6-9-16(10-7-13)15(19-12-18)14-4-2-1-3-5-14/h1-5,12-13,15,17H,6-11H2. The van der Waals surface area contributed by atoms with Crippen LogP contribution in [-0.4, -0.2) is 36.2 Å². The van der Waals surface area contributed by atoms with Crippen LogP contribution < -0.4 is 0 Å². The van der Waals surface area contributed by atoms with Crippen molar-refractivity contribution in [2.75, 3.05) is 19.7 Å². The first-order valence-electron chi connectivity index (χ1n) is 6.84. The lowest BCUT2D eigenvalue weighted by molar-refractivity contribution is -0.146. The number of aliphatic hydroxyl groups is 1. The van der Waals surface area contributed by atoms with Crippen molar-refractivity contribution in [3.8, 4) is 0 Å². The van der Waals surface area contributed by atoms with Crippen LogP contribution in [0.3, 0.4) is 0 Å². The predicted octanol–water partition coefficient (Wildman–Crippen LogP) is 1.95. The summed E-state index contributed by atoms with van der Waals surface area (Å²) >= 11 is 0. The number of hydrogen-bond acceptors (Lipinski definition) is 4. The zero-order valence-electron chi connectivity index (χ0n) is 11.1. The molecule has 1 N–H and O–H groups in total. The first kappa shape index (κ1) is 14.0. The van der Waals surface area contributed by atoms with Crippen LogP contribution in [0.15, 0.2) is 30.3 Å². The molecular formula is C15H21NO3. The smallest absolute Gasteiger partial charge is 0.294 e. The van der Waals surface area contributed by atoms with Gasteiger partial charge in [-0.15, -0.1) is 0 Å². The highest BCUT2D eigenvalue weighted by Crippen LogP contribution is 2.28. The highest BCUT2D eigenvalue weighted by Gasteiger charge is 2.26. The fourth-order valence-electron chi connectivity index (χ4n) is 2.70. The Labute approximate surface area is 114 Å². The van der Waals surface area contributed by atoms with Gasteiger partial charge < -0.3 is 9.84 Å². The third-order valence-electron chi connectivity index (χ3n) is 3.79. The highest BCUT2D eigenvalue weighted by molar-refractivity contribution is 5.38. The molecule has 1 aliphatic rings. The van der Waals surface area contributed by atoms with E-state index in [-0.39, 0.29) is 12.8 Å². The number of aliphatic hydroxyl groups excluding tert-OH is 1. The molecule has 0 bridgehead atoms. The maximum atomic E-state index is 10.7. The summed E-state index contributed by atoms with van der Waals surface area (Å²) in [4.78, 5) is 12.9. The number of piperidine rings is 1. The second-order valence-corrected chi connectivity index (χ2v) is 4.99. The van der Waals surface area contributed by atoms with E-state index in [9.17, 15) is 4.79 Å². The van der Waals surface area contributed by atoms with Crippen LogP contribution in [0.25, 0.3) is 0 Å². The van der Waals surface area contributed by atoms with Crippen molar-refractivity contribution < 1.29 is 14.6 Å². The fraction of sp³-hybridized carbons (Fsp3) is 0.533. The van der Waals surface area contributed by atoms with Gasteiger partial charge in [0.2, 0.25) is 0 Å². The second kappa shape index (κ2) is 7.26. The number of ether oxygens (including phenoxy) is 1. The van der Waals surface area contributed by atoms with Gasteiger partial charge in [0.25, 0.3) is 6.47 Å². The minimum atomic E-state index is -0.284. The monoisotopic (exact) mass is 263 g/mol. The number of carbonyl (C=O) groups excluding carboxylic acids is 1. The molecule has 1 saturated heterocycles. The van der Waals surface area contributed by atoms with Gasteiger partial charge >= 0.3 is 0 Å². The van der Waals surface area contributed by atoms with Crippen molar-refractivity contribution in [2.24, 2.45) is 5.92 Å². The van der Waals surface area contributed by atoms with Gasteiger partial charge in [0.05, 0.1) is 0 Å². The summed E-state index contributed by atoms with van der Waals surface area (Å²) in [6, 6.07) is 9.82. The lowest BCUT2D eigenvalue weighted by Crippen LogP contribution is -2.38. The topological polar surface area (TPSA) is 49.8 Å². The Bertz CT molecular complexity index is 374. The summed E-state index contributed by atoms with van der Waals surface area (Å²) in [6.45, 7) is 2.59. The number of rotatable bonds is 6. The Morgan fingerprint density at radius 2 is 2.00 bits per heavy atom. The van der Waals surface area contributed by atoms with Crippen molar-refractivity contribution >= 4 is 6.47 Å². The van der Waals surface area contributed by atoms with Crippen LogP contribution in [0.5, 0.6) is 0 Å². The first-order chi connectivity index (χ1) is 9.35. The minimum absolute atomic E-state index is 0.262. The van der Waals surface area contributed by atoms with Gasteiger partial charge in [-0.2, -0.15) is 0 Å². The number of hydrogen-bond donors (Lipinski definition) is 1. The van der Waals surface area contributed by atoms with Crippen LogP contribution >= 0.6 is 0 Å². The normalized spacial score (nSPS) is 19.0. The summed E-state index contributed by atoms with van der Waals surface area (Å²) in [5.41, 5.74) is 1.01. The third-order valence-corrected chi connectivity index (χ3v) is 3.79. The van der Waals surface area contributed by atoms with Crippen LogP contribution in [0.2, 0.25) is 0 Å². The zero-order valence-corrected chi connectivity index (χ0v) is 11.1. The number of benzene rings is 1. The molecule has 104 valence electrons. The number of carbonyl (C=O) groups is 1. The predicted molar refractivity (Wildman–Crippen MR) is 72.3 cm³/mol. The lowest BCUT2D eigenvalue weighted by Gasteiger charge is -2.36. The van der Waals surface area contributed by atoms with Crippen LogP contribution in [0.4, 0.5) is 0 Å². The van der Waals surface area contributed by atoms with Gasteiger partial charge in [-0.25, -0.2) is 0 Å². The Hall–Kier alpha value is -1.39. The van der Waals surface area contributed by atoms with Gasteiger partial charge in [0.15, 0.2) is 6.23 Å². The van der Waals surface area contributed by atoms with Crippen molar-refractivity contribution in [1.29, 1.82) is 0 Å². The molecule has 1 unspecified atom stereocenters. The summed E-state index contributed by atoms with van der Waals surface area (Å²) < 4.78 is 5.26. The third kappa shape index (κ3) is 3.78. The van der Waals surface area contributed by atoms with E-state index in [4.69, 9.17) is 9.84 Å². The molecule has 1 aromatic carbocycles. The van der Waals surface area contributed by atoms with Gasteiger partial charge in [-0.05, 0) is 25.2 Å². The molecule has 19 heavy (non-hydrogen) atoms. The SMILES string of the molecule is O=COC(c1ccccc1)N1CCC(CCO)CC1. The molecule has 0 spiro atoms. The average molecular weight is 263 g/mol. The molecule has 1 aliphatic heterocycles. The summed E-state index contributed by atoms with van der Waals surface area (Å²) in [5.74, 6) is 0.592. The maximum absolute atomic E-state index is 10.7. The van der Waals surface area contributed by atoms with Gasteiger partial charge in [0, 0.05) is 25.3 Å². The van der Waals surface area contributed by atoms with E-state index < -0.39 is 0 Å². The zero-order chi connectivity index (χ0) is 13.5. The van der Waals surface area contributed by atoms with Crippen molar-refractivity contribution in [3.63, 3.8) is 0 Å². The van der Waals surface area contributed by atoms with E-state index in [0.29, 0.717) is 12.4 Å². The van der Waals surface area contributed by atoms with Gasteiger partial charge in [-0.3, -0.25) is 9.69 Å². The summed E-state index contributed by atoms with van der Waals surface area (Å²) in [6.07, 6.45) is 2.69. The van der Waals surface area contributed by atoms with Crippen LogP contribution in [0, 0.1) is 5.92 Å². The van der Waals surface area contributed by atoms with Crippen LogP contribution in [-0.2, 0) is 9.53 Å². The average Bonchev–Trinajstić information content (AvgIpc) is 2.47. The maximum Gasteiger partial charge on any atom is 0.294 e. The van der Waals surface area contributed by atoms with E-state index >= 15 is 0 Å². The Kier molecular flexibility index (Phi) is 5.36. The molecule has 0 radical (unpaired) electrons. The summed E-state index contributed by atoms with van der Waals surface area (Å²) in [7, 11) is 0. The van der Waals surface area contributed by atoms with Crippen molar-refractivity contribution in [3.05, 3.63) is 35.9 Å². The lowest BCUT2D eigenvalue weighted by atomic mass is 9.93. The number of likely N-dealkylation sites (tertiary alicyclic amines) is 1. The Morgan fingerprint density at radius 1 is 1.32 bits per heavy atom. The largest absolute Gasteiger partial charge is 0.444 e. The molecule has 4 heteroatoms. The van der Waals surface area contributed by atoms with E-state index in [1.807, 2.05) is 30.3 Å². The van der Waals surface area contributed by atoms with Gasteiger partial charge in [-0.1, -0.05) is 30.3 Å². The molecule has 0 amide bonds. The Balaban J connectivity index is 1.99. The molecular weight excluding hydrogens is 242 g/mol. The minimum Gasteiger partial charge on any atom is -0.444 e.